The maximum atomic E-state index is 5.31. The Balaban J connectivity index is 0.00000200. The Kier molecular flexibility index (Phi) is 7.98. The molecule has 0 bridgehead atoms. The van der Waals surface area contributed by atoms with Gasteiger partial charge in [0.25, 0.3) is 0 Å². The van der Waals surface area contributed by atoms with Gasteiger partial charge in [0.05, 0.1) is 12.9 Å². The minimum atomic E-state index is 0. The quantitative estimate of drug-likeness (QED) is 0.474. The minimum absolute atomic E-state index is 0. The lowest BCUT2D eigenvalue weighted by Gasteiger charge is -2.21. The predicted octanol–water partition coefficient (Wildman–Crippen LogP) is 2.33. The summed E-state index contributed by atoms with van der Waals surface area (Å²) in [6.07, 6.45) is 2.85. The van der Waals surface area contributed by atoms with Crippen molar-refractivity contribution in [1.82, 2.24) is 10.2 Å². The molecule has 1 aliphatic rings. The van der Waals surface area contributed by atoms with Crippen molar-refractivity contribution in [3.8, 4) is 0 Å². The molecule has 1 unspecified atom stereocenters. The number of rotatable bonds is 5. The van der Waals surface area contributed by atoms with E-state index in [2.05, 4.69) is 22.1 Å². The van der Waals surface area contributed by atoms with E-state index >= 15 is 0 Å². The van der Waals surface area contributed by atoms with Gasteiger partial charge < -0.3 is 19.4 Å². The van der Waals surface area contributed by atoms with Crippen LogP contribution < -0.4 is 5.32 Å². The monoisotopic (exact) mass is 393 g/mol. The van der Waals surface area contributed by atoms with Crippen LogP contribution in [0.25, 0.3) is 0 Å². The molecule has 114 valence electrons. The second-order valence-corrected chi connectivity index (χ2v) is 4.81. The Bertz CT molecular complexity index is 395. The SMILES string of the molecule is CCNC(=NCc1ccco1)N1CCC(COC)C1.I. The number of likely N-dealkylation sites (tertiary alicyclic amines) is 1. The third-order valence-corrected chi connectivity index (χ3v) is 3.29. The van der Waals surface area contributed by atoms with Gasteiger partial charge in [0.1, 0.15) is 12.3 Å². The standard InChI is InChI=1S/C14H23N3O2.HI/c1-3-15-14(16-9-13-5-4-8-19-13)17-7-6-12(10-17)11-18-2;/h4-5,8,12H,3,6-7,9-11H2,1-2H3,(H,15,16);1H. The van der Waals surface area contributed by atoms with Crippen molar-refractivity contribution in [2.45, 2.75) is 19.9 Å². The summed E-state index contributed by atoms with van der Waals surface area (Å²) in [6.45, 7) is 6.43. The molecular formula is C14H24IN3O2. The number of nitrogens with one attached hydrogen (secondary N) is 1. The van der Waals surface area contributed by atoms with Gasteiger partial charge >= 0.3 is 0 Å². The number of ether oxygens (including phenoxy) is 1. The molecule has 2 rings (SSSR count). The normalized spacial score (nSPS) is 19.0. The first kappa shape index (κ1) is 17.3. The van der Waals surface area contributed by atoms with Crippen LogP contribution in [-0.4, -0.2) is 44.2 Å². The van der Waals surface area contributed by atoms with Gasteiger partial charge in [-0.25, -0.2) is 4.99 Å². The summed E-state index contributed by atoms with van der Waals surface area (Å²) in [7, 11) is 1.76. The van der Waals surface area contributed by atoms with Crippen LogP contribution in [0, 0.1) is 5.92 Å². The van der Waals surface area contributed by atoms with Gasteiger partial charge in [-0.15, -0.1) is 24.0 Å². The van der Waals surface area contributed by atoms with E-state index in [1.165, 1.54) is 6.42 Å². The highest BCUT2D eigenvalue weighted by molar-refractivity contribution is 14.0. The number of aliphatic imine (C=N–C) groups is 1. The van der Waals surface area contributed by atoms with E-state index in [9.17, 15) is 0 Å². The Morgan fingerprint density at radius 1 is 1.60 bits per heavy atom. The van der Waals surface area contributed by atoms with Gasteiger partial charge in [-0.1, -0.05) is 0 Å². The number of nitrogens with zero attached hydrogens (tertiary/aromatic N) is 2. The fraction of sp³-hybridized carbons (Fsp3) is 0.643. The van der Waals surface area contributed by atoms with Gasteiger partial charge in [0, 0.05) is 32.7 Å². The van der Waals surface area contributed by atoms with Crippen LogP contribution >= 0.6 is 24.0 Å². The van der Waals surface area contributed by atoms with Gasteiger partial charge in [-0.2, -0.15) is 0 Å². The summed E-state index contributed by atoms with van der Waals surface area (Å²) in [5.41, 5.74) is 0. The molecule has 0 spiro atoms. The largest absolute Gasteiger partial charge is 0.467 e. The van der Waals surface area contributed by atoms with Crippen molar-refractivity contribution in [2.24, 2.45) is 10.9 Å². The van der Waals surface area contributed by atoms with Crippen molar-refractivity contribution in [1.29, 1.82) is 0 Å². The van der Waals surface area contributed by atoms with Crippen molar-refractivity contribution in [3.05, 3.63) is 24.2 Å². The molecule has 20 heavy (non-hydrogen) atoms. The van der Waals surface area contributed by atoms with E-state index in [0.29, 0.717) is 12.5 Å². The summed E-state index contributed by atoms with van der Waals surface area (Å²) in [6, 6.07) is 3.84. The van der Waals surface area contributed by atoms with E-state index in [-0.39, 0.29) is 24.0 Å². The van der Waals surface area contributed by atoms with Crippen LogP contribution in [0.15, 0.2) is 27.8 Å². The van der Waals surface area contributed by atoms with Crippen molar-refractivity contribution in [2.75, 3.05) is 33.4 Å². The second-order valence-electron chi connectivity index (χ2n) is 4.81. The smallest absolute Gasteiger partial charge is 0.194 e. The first-order valence-corrected chi connectivity index (χ1v) is 6.88. The molecule has 2 heterocycles. The average molecular weight is 393 g/mol. The Labute approximate surface area is 137 Å². The molecule has 5 nitrogen and oxygen atoms in total. The molecule has 0 radical (unpaired) electrons. The molecule has 1 aromatic heterocycles. The average Bonchev–Trinajstić information content (AvgIpc) is 3.06. The van der Waals surface area contributed by atoms with Crippen LogP contribution in [-0.2, 0) is 11.3 Å². The molecule has 1 atom stereocenters. The van der Waals surface area contributed by atoms with Gasteiger partial charge in [-0.05, 0) is 25.5 Å². The summed E-state index contributed by atoms with van der Waals surface area (Å²) in [5, 5.41) is 3.34. The van der Waals surface area contributed by atoms with E-state index in [1.807, 2.05) is 12.1 Å². The van der Waals surface area contributed by atoms with Gasteiger partial charge in [-0.3, -0.25) is 0 Å². The number of hydrogen-bond donors (Lipinski definition) is 1. The molecule has 0 amide bonds. The van der Waals surface area contributed by atoms with Crippen molar-refractivity contribution in [3.63, 3.8) is 0 Å². The van der Waals surface area contributed by atoms with Crippen LogP contribution in [0.4, 0.5) is 0 Å². The zero-order valence-electron chi connectivity index (χ0n) is 12.2. The number of hydrogen-bond acceptors (Lipinski definition) is 3. The number of furan rings is 1. The molecule has 1 saturated heterocycles. The van der Waals surface area contributed by atoms with Crippen molar-refractivity contribution >= 4 is 29.9 Å². The molecule has 1 fully saturated rings. The van der Waals surface area contributed by atoms with E-state index in [0.717, 1.165) is 38.0 Å². The molecular weight excluding hydrogens is 369 g/mol. The summed E-state index contributed by atoms with van der Waals surface area (Å²) in [5.74, 6) is 2.47. The third kappa shape index (κ3) is 4.97. The molecule has 6 heteroatoms. The summed E-state index contributed by atoms with van der Waals surface area (Å²) in [4.78, 5) is 6.93. The summed E-state index contributed by atoms with van der Waals surface area (Å²) < 4.78 is 10.5. The highest BCUT2D eigenvalue weighted by Crippen LogP contribution is 2.16. The van der Waals surface area contributed by atoms with Crippen molar-refractivity contribution < 1.29 is 9.15 Å². The molecule has 1 aromatic rings. The lowest BCUT2D eigenvalue weighted by Crippen LogP contribution is -2.40. The van der Waals surface area contributed by atoms with Crippen LogP contribution in [0.1, 0.15) is 19.1 Å². The lowest BCUT2D eigenvalue weighted by molar-refractivity contribution is 0.157. The fourth-order valence-electron chi connectivity index (χ4n) is 2.38. The fourth-order valence-corrected chi connectivity index (χ4v) is 2.38. The summed E-state index contributed by atoms with van der Waals surface area (Å²) >= 11 is 0. The number of methoxy groups -OCH3 is 1. The second kappa shape index (κ2) is 9.23. The van der Waals surface area contributed by atoms with Crippen LogP contribution in [0.2, 0.25) is 0 Å². The van der Waals surface area contributed by atoms with E-state index in [1.54, 1.807) is 13.4 Å². The zero-order chi connectivity index (χ0) is 13.5. The molecule has 1 N–H and O–H groups in total. The van der Waals surface area contributed by atoms with Crippen LogP contribution in [0.3, 0.4) is 0 Å². The zero-order valence-corrected chi connectivity index (χ0v) is 14.5. The first-order valence-electron chi connectivity index (χ1n) is 6.88. The van der Waals surface area contributed by atoms with E-state index < -0.39 is 0 Å². The highest BCUT2D eigenvalue weighted by Gasteiger charge is 2.24. The molecule has 0 saturated carbocycles. The Hall–Kier alpha value is -0.760. The maximum absolute atomic E-state index is 5.31. The third-order valence-electron chi connectivity index (χ3n) is 3.29. The topological polar surface area (TPSA) is 50.0 Å². The number of guanidine groups is 1. The maximum Gasteiger partial charge on any atom is 0.194 e. The Morgan fingerprint density at radius 3 is 3.10 bits per heavy atom. The first-order chi connectivity index (χ1) is 9.33. The highest BCUT2D eigenvalue weighted by atomic mass is 127. The van der Waals surface area contributed by atoms with E-state index in [4.69, 9.17) is 9.15 Å². The van der Waals surface area contributed by atoms with Gasteiger partial charge in [0.15, 0.2) is 5.96 Å². The minimum Gasteiger partial charge on any atom is -0.467 e. The molecule has 0 aliphatic carbocycles. The molecule has 1 aliphatic heterocycles. The Morgan fingerprint density at radius 2 is 2.45 bits per heavy atom. The van der Waals surface area contributed by atoms with Gasteiger partial charge in [0.2, 0.25) is 0 Å². The lowest BCUT2D eigenvalue weighted by atomic mass is 10.1. The predicted molar refractivity (Wildman–Crippen MR) is 90.5 cm³/mol. The van der Waals surface area contributed by atoms with Crippen LogP contribution in [0.5, 0.6) is 0 Å². The molecule has 0 aromatic carbocycles. The number of halogens is 1.